The van der Waals surface area contributed by atoms with Gasteiger partial charge < -0.3 is 10.6 Å². The molecular weight excluding hydrogens is 290 g/mol. The molecule has 3 N–H and O–H groups in total. The molecule has 0 spiro atoms. The van der Waals surface area contributed by atoms with Gasteiger partial charge in [0.1, 0.15) is 5.82 Å². The van der Waals surface area contributed by atoms with E-state index in [1.807, 2.05) is 12.1 Å². The summed E-state index contributed by atoms with van der Waals surface area (Å²) in [5.41, 5.74) is 1.51. The highest BCUT2D eigenvalue weighted by Crippen LogP contribution is 2.24. The van der Waals surface area contributed by atoms with Crippen LogP contribution < -0.4 is 10.6 Å². The Bertz CT molecular complexity index is 580. The van der Waals surface area contributed by atoms with Crippen LogP contribution in [0.4, 0.5) is 5.82 Å². The second-order valence-corrected chi connectivity index (χ2v) is 4.91. The number of anilines is 1. The van der Waals surface area contributed by atoms with Gasteiger partial charge in [-0.1, -0.05) is 6.07 Å². The minimum atomic E-state index is -0.168. The number of halogens is 1. The van der Waals surface area contributed by atoms with Crippen LogP contribution in [0.1, 0.15) is 34.8 Å². The van der Waals surface area contributed by atoms with Crippen LogP contribution in [0.15, 0.2) is 30.6 Å². The number of aromatic nitrogens is 3. The number of hydrogen-bond acceptors (Lipinski definition) is 4. The first-order valence-corrected chi connectivity index (χ1v) is 6.81. The molecule has 1 saturated heterocycles. The maximum Gasteiger partial charge on any atom is 0.260 e. The fourth-order valence-corrected chi connectivity index (χ4v) is 2.51. The van der Waals surface area contributed by atoms with E-state index >= 15 is 0 Å². The molecule has 21 heavy (non-hydrogen) atoms. The Balaban J connectivity index is 0.00000161. The van der Waals surface area contributed by atoms with E-state index in [9.17, 15) is 4.79 Å². The van der Waals surface area contributed by atoms with E-state index in [0.29, 0.717) is 17.3 Å². The molecular formula is C14H18ClN5O. The van der Waals surface area contributed by atoms with Gasteiger partial charge in [0.25, 0.3) is 5.91 Å². The van der Waals surface area contributed by atoms with Crippen LogP contribution in [0.25, 0.3) is 0 Å². The lowest BCUT2D eigenvalue weighted by Crippen LogP contribution is -2.29. The fraction of sp³-hybridized carbons (Fsp3) is 0.357. The Morgan fingerprint density at radius 3 is 3.00 bits per heavy atom. The predicted molar refractivity (Wildman–Crippen MR) is 82.9 cm³/mol. The molecule has 112 valence electrons. The van der Waals surface area contributed by atoms with Crippen molar-refractivity contribution in [2.45, 2.75) is 18.8 Å². The van der Waals surface area contributed by atoms with Crippen LogP contribution in [0.3, 0.4) is 0 Å². The second-order valence-electron chi connectivity index (χ2n) is 4.91. The molecule has 0 aliphatic carbocycles. The molecule has 2 aromatic rings. The zero-order valence-corrected chi connectivity index (χ0v) is 12.3. The Kier molecular flexibility index (Phi) is 5.30. The van der Waals surface area contributed by atoms with Gasteiger partial charge in [-0.05, 0) is 31.5 Å². The third-order valence-corrected chi connectivity index (χ3v) is 3.53. The Morgan fingerprint density at radius 2 is 2.29 bits per heavy atom. The lowest BCUT2D eigenvalue weighted by Gasteiger charge is -2.22. The largest absolute Gasteiger partial charge is 0.316 e. The van der Waals surface area contributed by atoms with Gasteiger partial charge in [-0.15, -0.1) is 12.4 Å². The van der Waals surface area contributed by atoms with Crippen molar-refractivity contribution in [3.8, 4) is 0 Å². The molecule has 0 radical (unpaired) electrons. The van der Waals surface area contributed by atoms with E-state index in [-0.39, 0.29) is 18.3 Å². The first-order chi connectivity index (χ1) is 9.84. The number of hydrogen-bond donors (Lipinski definition) is 3. The summed E-state index contributed by atoms with van der Waals surface area (Å²) in [5.74, 6) is 0.695. The predicted octanol–water partition coefficient (Wildman–Crippen LogP) is 1.95. The topological polar surface area (TPSA) is 82.7 Å². The molecule has 1 atom stereocenters. The third-order valence-electron chi connectivity index (χ3n) is 3.53. The smallest absolute Gasteiger partial charge is 0.260 e. The molecule has 3 heterocycles. The molecule has 0 bridgehead atoms. The zero-order chi connectivity index (χ0) is 13.8. The fourth-order valence-electron chi connectivity index (χ4n) is 2.51. The molecule has 1 unspecified atom stereocenters. The molecule has 3 rings (SSSR count). The van der Waals surface area contributed by atoms with E-state index < -0.39 is 0 Å². The van der Waals surface area contributed by atoms with Crippen molar-refractivity contribution >= 4 is 24.1 Å². The van der Waals surface area contributed by atoms with Crippen LogP contribution >= 0.6 is 12.4 Å². The normalized spacial score (nSPS) is 17.8. The number of carbonyl (C=O) groups excluding carboxylic acids is 1. The molecule has 1 fully saturated rings. The number of pyridine rings is 1. The lowest BCUT2D eigenvalue weighted by atomic mass is 9.93. The summed E-state index contributed by atoms with van der Waals surface area (Å²) in [6, 6.07) is 5.41. The van der Waals surface area contributed by atoms with Crippen LogP contribution in [-0.4, -0.2) is 34.2 Å². The van der Waals surface area contributed by atoms with Gasteiger partial charge in [-0.3, -0.25) is 9.89 Å². The van der Waals surface area contributed by atoms with E-state index in [0.717, 1.165) is 31.6 Å². The summed E-state index contributed by atoms with van der Waals surface area (Å²) < 4.78 is 0. The van der Waals surface area contributed by atoms with Gasteiger partial charge >= 0.3 is 0 Å². The number of nitrogens with one attached hydrogen (secondary N) is 3. The summed E-state index contributed by atoms with van der Waals surface area (Å²) in [6.07, 6.45) is 5.42. The molecule has 1 amide bonds. The zero-order valence-electron chi connectivity index (χ0n) is 11.5. The summed E-state index contributed by atoms with van der Waals surface area (Å²) in [4.78, 5) is 16.4. The minimum Gasteiger partial charge on any atom is -0.316 e. The van der Waals surface area contributed by atoms with Crippen molar-refractivity contribution in [1.29, 1.82) is 0 Å². The van der Waals surface area contributed by atoms with E-state index in [1.54, 1.807) is 18.5 Å². The SMILES string of the molecule is Cl.O=C(Nc1ccccn1)c1cn[nH]c1C1CCCNC1. The van der Waals surface area contributed by atoms with Crippen molar-refractivity contribution < 1.29 is 4.79 Å². The number of piperidine rings is 1. The quantitative estimate of drug-likeness (QED) is 0.809. The summed E-state index contributed by atoms with van der Waals surface area (Å²) in [5, 5.41) is 13.1. The Hall–Kier alpha value is -1.92. The van der Waals surface area contributed by atoms with Crippen molar-refractivity contribution in [2.75, 3.05) is 18.4 Å². The van der Waals surface area contributed by atoms with Crippen molar-refractivity contribution in [2.24, 2.45) is 0 Å². The second kappa shape index (κ2) is 7.19. The molecule has 0 saturated carbocycles. The van der Waals surface area contributed by atoms with Gasteiger partial charge in [0.05, 0.1) is 17.5 Å². The average Bonchev–Trinajstić information content (AvgIpc) is 2.99. The summed E-state index contributed by atoms with van der Waals surface area (Å²) >= 11 is 0. The highest BCUT2D eigenvalue weighted by molar-refractivity contribution is 6.04. The number of rotatable bonds is 3. The Labute approximate surface area is 129 Å². The van der Waals surface area contributed by atoms with Crippen LogP contribution in [0.5, 0.6) is 0 Å². The van der Waals surface area contributed by atoms with Crippen LogP contribution in [0, 0.1) is 0 Å². The molecule has 1 aliphatic heterocycles. The number of aromatic amines is 1. The molecule has 7 heteroatoms. The summed E-state index contributed by atoms with van der Waals surface area (Å²) in [7, 11) is 0. The van der Waals surface area contributed by atoms with Gasteiger partial charge in [0, 0.05) is 18.7 Å². The highest BCUT2D eigenvalue weighted by atomic mass is 35.5. The first kappa shape index (κ1) is 15.5. The molecule has 6 nitrogen and oxygen atoms in total. The van der Waals surface area contributed by atoms with E-state index in [2.05, 4.69) is 25.8 Å². The highest BCUT2D eigenvalue weighted by Gasteiger charge is 2.23. The number of amides is 1. The standard InChI is InChI=1S/C14H17N5O.ClH/c20-14(18-12-5-1-2-7-16-12)11-9-17-19-13(11)10-4-3-6-15-8-10;/h1-2,5,7,9-10,15H,3-4,6,8H2,(H,17,19)(H,16,18,20);1H. The number of nitrogens with zero attached hydrogens (tertiary/aromatic N) is 2. The van der Waals surface area contributed by atoms with Crippen molar-refractivity contribution in [3.05, 3.63) is 41.9 Å². The lowest BCUT2D eigenvalue weighted by molar-refractivity contribution is 0.102. The van der Waals surface area contributed by atoms with Crippen LogP contribution in [-0.2, 0) is 0 Å². The molecule has 2 aromatic heterocycles. The number of carbonyl (C=O) groups is 1. The maximum atomic E-state index is 12.3. The monoisotopic (exact) mass is 307 g/mol. The van der Waals surface area contributed by atoms with Gasteiger partial charge in [-0.2, -0.15) is 5.10 Å². The third kappa shape index (κ3) is 3.59. The van der Waals surface area contributed by atoms with Gasteiger partial charge in [0.2, 0.25) is 0 Å². The van der Waals surface area contributed by atoms with Crippen LogP contribution in [0.2, 0.25) is 0 Å². The van der Waals surface area contributed by atoms with E-state index in [4.69, 9.17) is 0 Å². The maximum absolute atomic E-state index is 12.3. The average molecular weight is 308 g/mol. The molecule has 1 aliphatic rings. The van der Waals surface area contributed by atoms with Gasteiger partial charge in [0.15, 0.2) is 0 Å². The van der Waals surface area contributed by atoms with E-state index in [1.165, 1.54) is 0 Å². The minimum absolute atomic E-state index is 0. The Morgan fingerprint density at radius 1 is 1.38 bits per heavy atom. The van der Waals surface area contributed by atoms with Gasteiger partial charge in [-0.25, -0.2) is 4.98 Å². The number of H-pyrrole nitrogens is 1. The first-order valence-electron chi connectivity index (χ1n) is 6.81. The summed E-state index contributed by atoms with van der Waals surface area (Å²) in [6.45, 7) is 1.92. The van der Waals surface area contributed by atoms with Crippen molar-refractivity contribution in [3.63, 3.8) is 0 Å². The van der Waals surface area contributed by atoms with Crippen molar-refractivity contribution in [1.82, 2.24) is 20.5 Å². The molecule has 0 aromatic carbocycles.